The van der Waals surface area contributed by atoms with Crippen molar-refractivity contribution in [3.05, 3.63) is 29.6 Å². The van der Waals surface area contributed by atoms with E-state index in [4.69, 9.17) is 0 Å². The van der Waals surface area contributed by atoms with Crippen LogP contribution in [0.4, 0.5) is 0 Å². The molecule has 1 atom stereocenters. The first-order valence-electron chi connectivity index (χ1n) is 7.14. The standard InChI is InChI=1S/C15H23N3O/c1-3-12-7-8-13(17-10-12)11-18-9-5-4-6-14(18)15(19)16-2/h7-8,10,14H,3-6,9,11H2,1-2H3,(H,16,19)/t14-/m1/s1. The molecule has 2 heterocycles. The van der Waals surface area contributed by atoms with Gasteiger partial charge in [-0.2, -0.15) is 0 Å². The zero-order valence-electron chi connectivity index (χ0n) is 11.9. The number of pyridine rings is 1. The first kappa shape index (κ1) is 14.0. The molecule has 1 fully saturated rings. The number of carbonyl (C=O) groups excluding carboxylic acids is 1. The summed E-state index contributed by atoms with van der Waals surface area (Å²) >= 11 is 0. The van der Waals surface area contributed by atoms with Gasteiger partial charge in [0, 0.05) is 19.8 Å². The van der Waals surface area contributed by atoms with Gasteiger partial charge in [-0.3, -0.25) is 14.7 Å². The van der Waals surface area contributed by atoms with Gasteiger partial charge in [0.15, 0.2) is 0 Å². The van der Waals surface area contributed by atoms with Crippen molar-refractivity contribution in [3.63, 3.8) is 0 Å². The van der Waals surface area contributed by atoms with Crippen molar-refractivity contribution in [2.45, 2.75) is 45.2 Å². The molecule has 1 aromatic rings. The quantitative estimate of drug-likeness (QED) is 0.898. The number of hydrogen-bond acceptors (Lipinski definition) is 3. The van der Waals surface area contributed by atoms with Crippen molar-refractivity contribution in [1.82, 2.24) is 15.2 Å². The molecule has 4 nitrogen and oxygen atoms in total. The molecule has 0 aromatic carbocycles. The van der Waals surface area contributed by atoms with Crippen LogP contribution in [0.5, 0.6) is 0 Å². The summed E-state index contributed by atoms with van der Waals surface area (Å²) in [5, 5.41) is 2.77. The van der Waals surface area contributed by atoms with Gasteiger partial charge in [0.1, 0.15) is 0 Å². The van der Waals surface area contributed by atoms with E-state index >= 15 is 0 Å². The molecule has 1 N–H and O–H groups in total. The molecule has 0 spiro atoms. The Kier molecular flexibility index (Phi) is 4.91. The number of piperidine rings is 1. The monoisotopic (exact) mass is 261 g/mol. The van der Waals surface area contributed by atoms with Crippen LogP contribution in [-0.2, 0) is 17.8 Å². The van der Waals surface area contributed by atoms with Gasteiger partial charge in [-0.1, -0.05) is 19.4 Å². The molecule has 1 aromatic heterocycles. The van der Waals surface area contributed by atoms with Crippen LogP contribution in [0.2, 0.25) is 0 Å². The summed E-state index contributed by atoms with van der Waals surface area (Å²) in [7, 11) is 1.71. The van der Waals surface area contributed by atoms with E-state index in [2.05, 4.69) is 34.3 Å². The SMILES string of the molecule is CCc1ccc(CN2CCCC[C@@H]2C(=O)NC)nc1. The molecule has 104 valence electrons. The highest BCUT2D eigenvalue weighted by atomic mass is 16.2. The Hall–Kier alpha value is -1.42. The summed E-state index contributed by atoms with van der Waals surface area (Å²) in [5.74, 6) is 0.130. The van der Waals surface area contributed by atoms with E-state index in [0.29, 0.717) is 0 Å². The van der Waals surface area contributed by atoms with E-state index in [1.807, 2.05) is 6.20 Å². The Bertz CT molecular complexity index is 416. The normalized spacial score (nSPS) is 20.2. The largest absolute Gasteiger partial charge is 0.358 e. The molecular formula is C15H23N3O. The average molecular weight is 261 g/mol. The molecule has 0 saturated carbocycles. The van der Waals surface area contributed by atoms with E-state index < -0.39 is 0 Å². The second-order valence-corrected chi connectivity index (χ2v) is 5.11. The number of aryl methyl sites for hydroxylation is 1. The maximum Gasteiger partial charge on any atom is 0.237 e. The van der Waals surface area contributed by atoms with Crippen molar-refractivity contribution in [3.8, 4) is 0 Å². The zero-order chi connectivity index (χ0) is 13.7. The molecule has 1 amide bonds. The van der Waals surface area contributed by atoms with E-state index in [0.717, 1.165) is 38.0 Å². The third-order valence-electron chi connectivity index (χ3n) is 3.82. The van der Waals surface area contributed by atoms with Crippen LogP contribution in [0.15, 0.2) is 18.3 Å². The number of rotatable bonds is 4. The van der Waals surface area contributed by atoms with Crippen molar-refractivity contribution >= 4 is 5.91 Å². The number of carbonyl (C=O) groups is 1. The number of nitrogens with one attached hydrogen (secondary N) is 1. The van der Waals surface area contributed by atoms with Crippen LogP contribution < -0.4 is 5.32 Å². The van der Waals surface area contributed by atoms with Gasteiger partial charge in [0.2, 0.25) is 5.91 Å². The van der Waals surface area contributed by atoms with Gasteiger partial charge >= 0.3 is 0 Å². The van der Waals surface area contributed by atoms with Crippen LogP contribution >= 0.6 is 0 Å². The lowest BCUT2D eigenvalue weighted by atomic mass is 10.0. The van der Waals surface area contributed by atoms with E-state index in [9.17, 15) is 4.79 Å². The molecule has 19 heavy (non-hydrogen) atoms. The van der Waals surface area contributed by atoms with Gasteiger partial charge in [0.25, 0.3) is 0 Å². The van der Waals surface area contributed by atoms with Gasteiger partial charge in [0.05, 0.1) is 11.7 Å². The number of nitrogens with zero attached hydrogens (tertiary/aromatic N) is 2. The molecule has 1 aliphatic heterocycles. The molecule has 0 unspecified atom stereocenters. The van der Waals surface area contributed by atoms with Crippen LogP contribution in [0.3, 0.4) is 0 Å². The molecule has 0 bridgehead atoms. The predicted octanol–water partition coefficient (Wildman–Crippen LogP) is 1.74. The lowest BCUT2D eigenvalue weighted by molar-refractivity contribution is -0.127. The molecular weight excluding hydrogens is 238 g/mol. The Morgan fingerprint density at radius 2 is 2.32 bits per heavy atom. The maximum absolute atomic E-state index is 11.9. The minimum absolute atomic E-state index is 0.00593. The van der Waals surface area contributed by atoms with Gasteiger partial charge in [-0.05, 0) is 37.4 Å². The number of hydrogen-bond donors (Lipinski definition) is 1. The average Bonchev–Trinajstić information content (AvgIpc) is 2.48. The van der Waals surface area contributed by atoms with Crippen molar-refractivity contribution in [2.75, 3.05) is 13.6 Å². The second-order valence-electron chi connectivity index (χ2n) is 5.11. The van der Waals surface area contributed by atoms with Crippen molar-refractivity contribution in [1.29, 1.82) is 0 Å². The second kappa shape index (κ2) is 6.66. The topological polar surface area (TPSA) is 45.2 Å². The smallest absolute Gasteiger partial charge is 0.237 e. The van der Waals surface area contributed by atoms with Gasteiger partial charge < -0.3 is 5.32 Å². The number of likely N-dealkylation sites (N-methyl/N-ethyl adjacent to an activating group) is 1. The minimum atomic E-state index is 0.00593. The Labute approximate surface area is 115 Å². The van der Waals surface area contributed by atoms with Gasteiger partial charge in [-0.25, -0.2) is 0 Å². The predicted molar refractivity (Wildman–Crippen MR) is 75.7 cm³/mol. The number of aromatic nitrogens is 1. The van der Waals surface area contributed by atoms with E-state index in [1.165, 1.54) is 12.0 Å². The minimum Gasteiger partial charge on any atom is -0.358 e. The first-order valence-corrected chi connectivity index (χ1v) is 7.14. The molecule has 4 heteroatoms. The number of amides is 1. The summed E-state index contributed by atoms with van der Waals surface area (Å²) < 4.78 is 0. The molecule has 2 rings (SSSR count). The van der Waals surface area contributed by atoms with E-state index in [-0.39, 0.29) is 11.9 Å². The fraction of sp³-hybridized carbons (Fsp3) is 0.600. The van der Waals surface area contributed by atoms with E-state index in [1.54, 1.807) is 7.05 Å². The Morgan fingerprint density at radius 3 is 2.95 bits per heavy atom. The Balaban J connectivity index is 2.03. The zero-order valence-corrected chi connectivity index (χ0v) is 11.9. The molecule has 1 aliphatic rings. The van der Waals surface area contributed by atoms with Crippen LogP contribution in [0.1, 0.15) is 37.4 Å². The summed E-state index contributed by atoms with van der Waals surface area (Å²) in [6, 6.07) is 4.21. The third kappa shape index (κ3) is 3.53. The van der Waals surface area contributed by atoms with Crippen LogP contribution in [0.25, 0.3) is 0 Å². The maximum atomic E-state index is 11.9. The summed E-state index contributed by atoms with van der Waals surface area (Å²) in [4.78, 5) is 18.6. The first-order chi connectivity index (χ1) is 9.24. The lowest BCUT2D eigenvalue weighted by Crippen LogP contribution is -2.48. The van der Waals surface area contributed by atoms with Crippen LogP contribution in [0, 0.1) is 0 Å². The Morgan fingerprint density at radius 1 is 1.47 bits per heavy atom. The summed E-state index contributed by atoms with van der Waals surface area (Å²) in [6.45, 7) is 3.88. The highest BCUT2D eigenvalue weighted by Gasteiger charge is 2.27. The fourth-order valence-electron chi connectivity index (χ4n) is 2.61. The summed E-state index contributed by atoms with van der Waals surface area (Å²) in [5.41, 5.74) is 2.30. The summed E-state index contributed by atoms with van der Waals surface area (Å²) in [6.07, 6.45) is 6.20. The van der Waals surface area contributed by atoms with Crippen LogP contribution in [-0.4, -0.2) is 35.4 Å². The molecule has 1 saturated heterocycles. The number of likely N-dealkylation sites (tertiary alicyclic amines) is 1. The van der Waals surface area contributed by atoms with Crippen molar-refractivity contribution in [2.24, 2.45) is 0 Å². The highest BCUT2D eigenvalue weighted by molar-refractivity contribution is 5.81. The highest BCUT2D eigenvalue weighted by Crippen LogP contribution is 2.19. The molecule has 0 aliphatic carbocycles. The third-order valence-corrected chi connectivity index (χ3v) is 3.82. The van der Waals surface area contributed by atoms with Crippen molar-refractivity contribution < 1.29 is 4.79 Å². The van der Waals surface area contributed by atoms with Gasteiger partial charge in [-0.15, -0.1) is 0 Å². The fourth-order valence-corrected chi connectivity index (χ4v) is 2.61. The molecule has 0 radical (unpaired) electrons. The lowest BCUT2D eigenvalue weighted by Gasteiger charge is -2.34.